The molecule has 5 heteroatoms. The molecule has 1 saturated heterocycles. The fraction of sp³-hybridized carbons (Fsp3) is 0.571. The lowest BCUT2D eigenvalue weighted by Gasteiger charge is -2.29. The van der Waals surface area contributed by atoms with Gasteiger partial charge in [-0.3, -0.25) is 4.68 Å². The Morgan fingerprint density at radius 3 is 3.05 bits per heavy atom. The van der Waals surface area contributed by atoms with Crippen molar-refractivity contribution in [3.8, 4) is 0 Å². The van der Waals surface area contributed by atoms with Gasteiger partial charge in [-0.1, -0.05) is 0 Å². The van der Waals surface area contributed by atoms with Crippen molar-refractivity contribution in [2.75, 3.05) is 0 Å². The van der Waals surface area contributed by atoms with Crippen LogP contribution in [0.2, 0.25) is 0 Å². The molecule has 102 valence electrons. The summed E-state index contributed by atoms with van der Waals surface area (Å²) in [5.41, 5.74) is 2.35. The number of rotatable bonds is 3. The third-order valence-corrected chi connectivity index (χ3v) is 3.82. The van der Waals surface area contributed by atoms with E-state index in [1.165, 1.54) is 25.0 Å². The van der Waals surface area contributed by atoms with Gasteiger partial charge in [0, 0.05) is 31.5 Å². The Balaban J connectivity index is 1.78. The summed E-state index contributed by atoms with van der Waals surface area (Å²) in [6, 6.07) is 3.08. The van der Waals surface area contributed by atoms with Crippen molar-refractivity contribution in [3.63, 3.8) is 0 Å². The van der Waals surface area contributed by atoms with Gasteiger partial charge < -0.3 is 9.88 Å². The van der Waals surface area contributed by atoms with Gasteiger partial charge in [-0.05, 0) is 32.3 Å². The summed E-state index contributed by atoms with van der Waals surface area (Å²) in [6.45, 7) is 3.05. The molecule has 1 aliphatic heterocycles. The zero-order valence-electron chi connectivity index (χ0n) is 11.6. The Morgan fingerprint density at radius 1 is 1.42 bits per heavy atom. The number of imidazole rings is 1. The largest absolute Gasteiger partial charge is 0.327 e. The van der Waals surface area contributed by atoms with Gasteiger partial charge in [-0.15, -0.1) is 0 Å². The van der Waals surface area contributed by atoms with Crippen LogP contribution in [0.4, 0.5) is 0 Å². The van der Waals surface area contributed by atoms with Gasteiger partial charge in [-0.2, -0.15) is 5.10 Å². The Labute approximate surface area is 113 Å². The summed E-state index contributed by atoms with van der Waals surface area (Å²) in [5, 5.41) is 8.10. The molecule has 0 bridgehead atoms. The highest BCUT2D eigenvalue weighted by molar-refractivity contribution is 5.10. The molecule has 1 aliphatic rings. The summed E-state index contributed by atoms with van der Waals surface area (Å²) in [5.74, 6) is 0. The van der Waals surface area contributed by atoms with Crippen molar-refractivity contribution < 1.29 is 0 Å². The first kappa shape index (κ1) is 12.4. The average molecular weight is 259 g/mol. The van der Waals surface area contributed by atoms with Gasteiger partial charge in [-0.25, -0.2) is 4.98 Å². The van der Waals surface area contributed by atoms with Crippen molar-refractivity contribution in [2.24, 2.45) is 7.05 Å². The second kappa shape index (κ2) is 5.17. The number of aromatic nitrogens is 4. The summed E-state index contributed by atoms with van der Waals surface area (Å²) >= 11 is 0. The number of piperidine rings is 1. The Hall–Kier alpha value is -1.62. The van der Waals surface area contributed by atoms with E-state index in [1.54, 1.807) is 0 Å². The highest BCUT2D eigenvalue weighted by Gasteiger charge is 2.22. The van der Waals surface area contributed by atoms with Crippen LogP contribution >= 0.6 is 0 Å². The minimum absolute atomic E-state index is 0.426. The van der Waals surface area contributed by atoms with E-state index >= 15 is 0 Å². The topological polar surface area (TPSA) is 47.7 Å². The molecule has 5 nitrogen and oxygen atoms in total. The molecule has 3 heterocycles. The summed E-state index contributed by atoms with van der Waals surface area (Å²) in [6.07, 6.45) is 9.62. The van der Waals surface area contributed by atoms with E-state index in [-0.39, 0.29) is 0 Å². The molecule has 1 N–H and O–H groups in total. The van der Waals surface area contributed by atoms with Crippen LogP contribution in [-0.2, 0) is 13.6 Å². The molecule has 19 heavy (non-hydrogen) atoms. The minimum atomic E-state index is 0.426. The quantitative estimate of drug-likeness (QED) is 0.915. The SMILES string of the molecule is CC1CCCC(c2cncn2Cc2ccn(C)n2)N1. The van der Waals surface area contributed by atoms with Crippen molar-refractivity contribution in [1.29, 1.82) is 0 Å². The molecule has 2 unspecified atom stereocenters. The molecule has 0 radical (unpaired) electrons. The number of hydrogen-bond acceptors (Lipinski definition) is 3. The van der Waals surface area contributed by atoms with Crippen molar-refractivity contribution in [3.05, 3.63) is 36.2 Å². The first-order chi connectivity index (χ1) is 9.22. The fourth-order valence-electron chi connectivity index (χ4n) is 2.85. The van der Waals surface area contributed by atoms with Crippen LogP contribution in [0.5, 0.6) is 0 Å². The van der Waals surface area contributed by atoms with Crippen LogP contribution in [0.25, 0.3) is 0 Å². The number of nitrogens with one attached hydrogen (secondary N) is 1. The lowest BCUT2D eigenvalue weighted by Crippen LogP contribution is -2.35. The van der Waals surface area contributed by atoms with Crippen LogP contribution < -0.4 is 5.32 Å². The Kier molecular flexibility index (Phi) is 3.38. The maximum Gasteiger partial charge on any atom is 0.0952 e. The van der Waals surface area contributed by atoms with E-state index in [0.29, 0.717) is 12.1 Å². The van der Waals surface area contributed by atoms with Crippen molar-refractivity contribution >= 4 is 0 Å². The molecule has 3 rings (SSSR count). The summed E-state index contributed by atoms with van der Waals surface area (Å²) in [4.78, 5) is 4.31. The molecule has 2 atom stereocenters. The summed E-state index contributed by atoms with van der Waals surface area (Å²) in [7, 11) is 1.95. The molecule has 0 amide bonds. The van der Waals surface area contributed by atoms with Crippen LogP contribution in [0.1, 0.15) is 43.6 Å². The van der Waals surface area contributed by atoms with E-state index in [9.17, 15) is 0 Å². The zero-order valence-corrected chi connectivity index (χ0v) is 11.6. The van der Waals surface area contributed by atoms with E-state index in [2.05, 4.69) is 33.0 Å². The molecule has 0 aromatic carbocycles. The van der Waals surface area contributed by atoms with Crippen LogP contribution in [-0.4, -0.2) is 25.4 Å². The van der Waals surface area contributed by atoms with E-state index < -0.39 is 0 Å². The van der Waals surface area contributed by atoms with Gasteiger partial charge in [0.05, 0.1) is 24.3 Å². The molecule has 0 spiro atoms. The van der Waals surface area contributed by atoms with Crippen molar-refractivity contribution in [1.82, 2.24) is 24.6 Å². The van der Waals surface area contributed by atoms with Crippen LogP contribution in [0.3, 0.4) is 0 Å². The molecule has 2 aromatic heterocycles. The summed E-state index contributed by atoms with van der Waals surface area (Å²) < 4.78 is 4.05. The minimum Gasteiger partial charge on any atom is -0.327 e. The smallest absolute Gasteiger partial charge is 0.0952 e. The number of hydrogen-bond donors (Lipinski definition) is 1. The molecule has 2 aromatic rings. The zero-order chi connectivity index (χ0) is 13.2. The van der Waals surface area contributed by atoms with Gasteiger partial charge >= 0.3 is 0 Å². The lowest BCUT2D eigenvalue weighted by molar-refractivity contribution is 0.330. The number of nitrogens with zero attached hydrogens (tertiary/aromatic N) is 4. The number of aryl methyl sites for hydroxylation is 1. The fourth-order valence-corrected chi connectivity index (χ4v) is 2.85. The third-order valence-electron chi connectivity index (χ3n) is 3.82. The molecule has 1 fully saturated rings. The molecule has 0 aliphatic carbocycles. The normalized spacial score (nSPS) is 23.7. The highest BCUT2D eigenvalue weighted by Crippen LogP contribution is 2.25. The Morgan fingerprint density at radius 2 is 2.32 bits per heavy atom. The maximum atomic E-state index is 4.43. The lowest BCUT2D eigenvalue weighted by atomic mass is 9.97. The molecule has 0 saturated carbocycles. The highest BCUT2D eigenvalue weighted by atomic mass is 15.3. The predicted octanol–water partition coefficient (Wildman–Crippen LogP) is 1.87. The van der Waals surface area contributed by atoms with Crippen LogP contribution in [0, 0.1) is 0 Å². The van der Waals surface area contributed by atoms with E-state index in [4.69, 9.17) is 0 Å². The molecular weight excluding hydrogens is 238 g/mol. The molecular formula is C14H21N5. The van der Waals surface area contributed by atoms with Gasteiger partial charge in [0.1, 0.15) is 0 Å². The van der Waals surface area contributed by atoms with E-state index in [0.717, 1.165) is 12.2 Å². The predicted molar refractivity (Wildman–Crippen MR) is 73.7 cm³/mol. The second-order valence-electron chi connectivity index (χ2n) is 5.48. The Bertz CT molecular complexity index is 542. The second-order valence-corrected chi connectivity index (χ2v) is 5.48. The first-order valence-electron chi connectivity index (χ1n) is 6.97. The standard InChI is InChI=1S/C14H21N5/c1-11-4-3-5-13(16-11)14-8-15-10-19(14)9-12-6-7-18(2)17-12/h6-8,10-11,13,16H,3-5,9H2,1-2H3. The monoisotopic (exact) mass is 259 g/mol. The third kappa shape index (κ3) is 2.71. The first-order valence-corrected chi connectivity index (χ1v) is 6.97. The van der Waals surface area contributed by atoms with Crippen molar-refractivity contribution in [2.45, 2.75) is 44.8 Å². The average Bonchev–Trinajstić information content (AvgIpc) is 2.99. The van der Waals surface area contributed by atoms with Gasteiger partial charge in [0.25, 0.3) is 0 Å². The maximum absolute atomic E-state index is 4.43. The van der Waals surface area contributed by atoms with Gasteiger partial charge in [0.15, 0.2) is 0 Å². The van der Waals surface area contributed by atoms with Crippen LogP contribution in [0.15, 0.2) is 24.8 Å². The van der Waals surface area contributed by atoms with Gasteiger partial charge in [0.2, 0.25) is 0 Å². The van der Waals surface area contributed by atoms with E-state index in [1.807, 2.05) is 30.5 Å².